The van der Waals surface area contributed by atoms with Crippen LogP contribution < -0.4 is 5.32 Å². The molecule has 150 valence electrons. The number of thiazole rings is 1. The normalized spacial score (nSPS) is 16.7. The van der Waals surface area contributed by atoms with E-state index in [9.17, 15) is 4.79 Å². The number of amides is 1. The molecule has 0 bridgehead atoms. The lowest BCUT2D eigenvalue weighted by Crippen LogP contribution is -2.29. The predicted octanol–water partition coefficient (Wildman–Crippen LogP) is 3.70. The van der Waals surface area contributed by atoms with Crippen LogP contribution in [-0.2, 0) is 4.79 Å². The molecular weight excluding hydrogens is 386 g/mol. The average molecular weight is 410 g/mol. The molecule has 4 heterocycles. The fourth-order valence-corrected chi connectivity index (χ4v) is 4.07. The first kappa shape index (κ1) is 19.3. The number of nitrogens with one attached hydrogen (secondary N) is 2. The molecule has 9 heteroatoms. The molecule has 1 aliphatic heterocycles. The number of aromatic nitrogens is 5. The maximum absolute atomic E-state index is 12.8. The number of aromatic amines is 1. The Morgan fingerprint density at radius 2 is 2.10 bits per heavy atom. The smallest absolute Gasteiger partial charge is 0.247 e. The summed E-state index contributed by atoms with van der Waals surface area (Å²) in [5.74, 6) is 2.01. The fourth-order valence-electron chi connectivity index (χ4n) is 3.49. The number of H-pyrrole nitrogens is 1. The van der Waals surface area contributed by atoms with Gasteiger partial charge in [-0.05, 0) is 39.7 Å². The molecule has 3 aromatic rings. The van der Waals surface area contributed by atoms with Gasteiger partial charge in [0.15, 0.2) is 5.82 Å². The Morgan fingerprint density at radius 1 is 1.24 bits per heavy atom. The Hall–Kier alpha value is -3.07. The van der Waals surface area contributed by atoms with E-state index in [0.29, 0.717) is 24.0 Å². The van der Waals surface area contributed by atoms with Crippen LogP contribution in [0.3, 0.4) is 0 Å². The van der Waals surface area contributed by atoms with Gasteiger partial charge < -0.3 is 10.2 Å². The zero-order valence-electron chi connectivity index (χ0n) is 16.6. The Balaban J connectivity index is 1.53. The van der Waals surface area contributed by atoms with Crippen molar-refractivity contribution in [3.8, 4) is 0 Å². The summed E-state index contributed by atoms with van der Waals surface area (Å²) in [4.78, 5) is 28.1. The van der Waals surface area contributed by atoms with Gasteiger partial charge in [0.1, 0.15) is 11.6 Å². The third kappa shape index (κ3) is 4.51. The van der Waals surface area contributed by atoms with Crippen molar-refractivity contribution in [2.45, 2.75) is 39.7 Å². The van der Waals surface area contributed by atoms with Crippen molar-refractivity contribution in [2.75, 3.05) is 11.9 Å². The van der Waals surface area contributed by atoms with E-state index in [4.69, 9.17) is 0 Å². The number of nitrogens with zero attached hydrogens (tertiary/aromatic N) is 5. The summed E-state index contributed by atoms with van der Waals surface area (Å²) >= 11 is 1.57. The highest BCUT2D eigenvalue weighted by Crippen LogP contribution is 2.32. The molecule has 1 amide bonds. The van der Waals surface area contributed by atoms with Crippen LogP contribution in [0, 0.1) is 20.8 Å². The lowest BCUT2D eigenvalue weighted by molar-refractivity contribution is -0.126. The van der Waals surface area contributed by atoms with Gasteiger partial charge in [0.05, 0.1) is 22.4 Å². The highest BCUT2D eigenvalue weighted by molar-refractivity contribution is 7.09. The van der Waals surface area contributed by atoms with Gasteiger partial charge in [-0.1, -0.05) is 0 Å². The molecule has 1 fully saturated rings. The molecule has 2 N–H and O–H groups in total. The topological polar surface area (TPSA) is 99.7 Å². The van der Waals surface area contributed by atoms with Crippen molar-refractivity contribution in [1.82, 2.24) is 30.0 Å². The summed E-state index contributed by atoms with van der Waals surface area (Å²) in [5.41, 5.74) is 2.62. The van der Waals surface area contributed by atoms with E-state index in [0.717, 1.165) is 34.9 Å². The first-order chi connectivity index (χ1) is 14.0. The molecule has 4 rings (SSSR count). The summed E-state index contributed by atoms with van der Waals surface area (Å²) in [7, 11) is 0. The maximum Gasteiger partial charge on any atom is 0.247 e. The van der Waals surface area contributed by atoms with Crippen LogP contribution >= 0.6 is 11.3 Å². The van der Waals surface area contributed by atoms with E-state index >= 15 is 0 Å². The van der Waals surface area contributed by atoms with Crippen LogP contribution in [0.5, 0.6) is 0 Å². The van der Waals surface area contributed by atoms with Gasteiger partial charge in [-0.25, -0.2) is 15.0 Å². The van der Waals surface area contributed by atoms with Crippen LogP contribution in [-0.4, -0.2) is 42.5 Å². The lowest BCUT2D eigenvalue weighted by atomic mass is 10.1. The minimum Gasteiger partial charge on any atom is -0.331 e. The summed E-state index contributed by atoms with van der Waals surface area (Å²) < 4.78 is 0. The number of hydrogen-bond acceptors (Lipinski definition) is 7. The van der Waals surface area contributed by atoms with E-state index < -0.39 is 0 Å². The predicted molar refractivity (Wildman–Crippen MR) is 113 cm³/mol. The van der Waals surface area contributed by atoms with Gasteiger partial charge in [0.25, 0.3) is 0 Å². The van der Waals surface area contributed by atoms with Crippen LogP contribution in [0.4, 0.5) is 11.6 Å². The number of carbonyl (C=O) groups excluding carboxylic acids is 1. The zero-order chi connectivity index (χ0) is 20.4. The lowest BCUT2D eigenvalue weighted by Gasteiger charge is -2.23. The Labute approximate surface area is 173 Å². The highest BCUT2D eigenvalue weighted by Gasteiger charge is 2.30. The highest BCUT2D eigenvalue weighted by atomic mass is 32.1. The molecule has 0 spiro atoms. The summed E-state index contributed by atoms with van der Waals surface area (Å²) in [6.45, 7) is 6.47. The van der Waals surface area contributed by atoms with Gasteiger partial charge in [-0.2, -0.15) is 5.10 Å². The molecule has 3 aromatic heterocycles. The number of likely N-dealkylation sites (tertiary alicyclic amines) is 1. The average Bonchev–Trinajstić information content (AvgIpc) is 3.41. The maximum atomic E-state index is 12.8. The van der Waals surface area contributed by atoms with Crippen molar-refractivity contribution < 1.29 is 4.79 Å². The van der Waals surface area contributed by atoms with Crippen LogP contribution in [0.15, 0.2) is 23.6 Å². The Kier molecular flexibility index (Phi) is 5.39. The van der Waals surface area contributed by atoms with Gasteiger partial charge in [-0.3, -0.25) is 9.89 Å². The molecule has 0 radical (unpaired) electrons. The summed E-state index contributed by atoms with van der Waals surface area (Å²) in [5, 5.41) is 13.2. The molecule has 1 unspecified atom stereocenters. The van der Waals surface area contributed by atoms with E-state index in [-0.39, 0.29) is 11.9 Å². The van der Waals surface area contributed by atoms with Crippen molar-refractivity contribution >= 4 is 35.0 Å². The first-order valence-corrected chi connectivity index (χ1v) is 10.4. The fraction of sp³-hybridized carbons (Fsp3) is 0.350. The largest absolute Gasteiger partial charge is 0.331 e. The second kappa shape index (κ2) is 8.12. The number of hydrogen-bond donors (Lipinski definition) is 2. The minimum absolute atomic E-state index is 0.0214. The Bertz CT molecular complexity index is 1050. The summed E-state index contributed by atoms with van der Waals surface area (Å²) in [6, 6.07) is 3.75. The SMILES string of the molecule is Cc1nc(Nc2cc(C)[nH]n2)cc(C2CCCN2C(=O)/C=C/c2csc(C)n2)n1. The number of carbonyl (C=O) groups is 1. The van der Waals surface area contributed by atoms with Crippen LogP contribution in [0.2, 0.25) is 0 Å². The molecule has 0 aromatic carbocycles. The van der Waals surface area contributed by atoms with Crippen molar-refractivity contribution in [3.05, 3.63) is 51.5 Å². The first-order valence-electron chi connectivity index (χ1n) is 9.53. The van der Waals surface area contributed by atoms with E-state index in [2.05, 4.69) is 30.5 Å². The number of rotatable bonds is 5. The van der Waals surface area contributed by atoms with Gasteiger partial charge in [-0.15, -0.1) is 11.3 Å². The van der Waals surface area contributed by atoms with Crippen molar-refractivity contribution in [2.24, 2.45) is 0 Å². The molecule has 1 saturated heterocycles. The summed E-state index contributed by atoms with van der Waals surface area (Å²) in [6.07, 6.45) is 5.21. The third-order valence-corrected chi connectivity index (χ3v) is 5.52. The zero-order valence-corrected chi connectivity index (χ0v) is 17.5. The quantitative estimate of drug-likeness (QED) is 0.623. The van der Waals surface area contributed by atoms with Crippen molar-refractivity contribution in [3.63, 3.8) is 0 Å². The molecule has 0 saturated carbocycles. The molecular formula is C20H23N7OS. The monoisotopic (exact) mass is 409 g/mol. The standard InChI is InChI=1S/C20H23N7OS/c1-12-9-19(26-25-12)24-18-10-16(21-13(2)22-18)17-5-4-8-27(17)20(28)7-6-15-11-29-14(3)23-15/h6-7,9-11,17H,4-5,8H2,1-3H3,(H2,21,22,24,25,26)/b7-6+. The van der Waals surface area contributed by atoms with Crippen molar-refractivity contribution in [1.29, 1.82) is 0 Å². The molecule has 1 aliphatic rings. The van der Waals surface area contributed by atoms with Gasteiger partial charge in [0, 0.05) is 35.8 Å². The molecule has 1 atom stereocenters. The second-order valence-electron chi connectivity index (χ2n) is 7.10. The molecule has 8 nitrogen and oxygen atoms in total. The molecule has 0 aliphatic carbocycles. The minimum atomic E-state index is -0.0625. The van der Waals surface area contributed by atoms with E-state index in [1.54, 1.807) is 23.5 Å². The van der Waals surface area contributed by atoms with E-state index in [1.807, 2.05) is 43.2 Å². The third-order valence-electron chi connectivity index (χ3n) is 4.73. The van der Waals surface area contributed by atoms with Crippen LogP contribution in [0.1, 0.15) is 46.8 Å². The van der Waals surface area contributed by atoms with Gasteiger partial charge >= 0.3 is 0 Å². The van der Waals surface area contributed by atoms with E-state index in [1.165, 1.54) is 0 Å². The second-order valence-corrected chi connectivity index (χ2v) is 8.16. The van der Waals surface area contributed by atoms with Crippen LogP contribution in [0.25, 0.3) is 6.08 Å². The Morgan fingerprint density at radius 3 is 2.83 bits per heavy atom. The molecule has 29 heavy (non-hydrogen) atoms. The van der Waals surface area contributed by atoms with Gasteiger partial charge in [0.2, 0.25) is 5.91 Å². The number of aryl methyl sites for hydroxylation is 3. The number of anilines is 2.